The van der Waals surface area contributed by atoms with Crippen LogP contribution in [-0.2, 0) is 6.18 Å². The lowest BCUT2D eigenvalue weighted by atomic mass is 10.2. The van der Waals surface area contributed by atoms with E-state index in [1.807, 2.05) is 0 Å². The third-order valence-electron chi connectivity index (χ3n) is 3.41. The molecule has 0 saturated carbocycles. The fraction of sp³-hybridized carbons (Fsp3) is 0.0667. The molecule has 10 heteroatoms. The molecule has 0 bridgehead atoms. The van der Waals surface area contributed by atoms with Gasteiger partial charge in [-0.1, -0.05) is 12.1 Å². The average molecular weight is 350 g/mol. The lowest BCUT2D eigenvalue weighted by molar-refractivity contribution is -0.384. The number of hydrogen-bond donors (Lipinski definition) is 2. The summed E-state index contributed by atoms with van der Waals surface area (Å²) in [5.74, 6) is -0.455. The molecule has 1 aromatic heterocycles. The highest BCUT2D eigenvalue weighted by atomic mass is 19.4. The Labute approximate surface area is 137 Å². The summed E-state index contributed by atoms with van der Waals surface area (Å²) in [5, 5.41) is 28.1. The number of nitro groups is 1. The predicted octanol–water partition coefficient (Wildman–Crippen LogP) is 5.22. The van der Waals surface area contributed by atoms with Gasteiger partial charge >= 0.3 is 6.18 Å². The zero-order chi connectivity index (χ0) is 18.2. The summed E-state index contributed by atoms with van der Waals surface area (Å²) in [5.41, 5.74) is -1.52. The Balaban J connectivity index is 2.10. The SMILES string of the molecule is O=[N+]([O-])c1ccc2[nH]c(O)c(N=Nc3ccccc3C(F)(F)F)c2c1. The first kappa shape index (κ1) is 16.4. The van der Waals surface area contributed by atoms with Gasteiger partial charge < -0.3 is 10.1 Å². The monoisotopic (exact) mass is 350 g/mol. The lowest BCUT2D eigenvalue weighted by Gasteiger charge is -2.08. The van der Waals surface area contributed by atoms with E-state index in [4.69, 9.17) is 0 Å². The Morgan fingerprint density at radius 3 is 2.52 bits per heavy atom. The number of alkyl halides is 3. The second kappa shape index (κ2) is 5.89. The highest BCUT2D eigenvalue weighted by Crippen LogP contribution is 2.40. The van der Waals surface area contributed by atoms with Crippen molar-refractivity contribution in [2.24, 2.45) is 10.2 Å². The normalized spacial score (nSPS) is 12.1. The van der Waals surface area contributed by atoms with Crippen LogP contribution in [-0.4, -0.2) is 15.0 Å². The first-order valence-electron chi connectivity index (χ1n) is 6.84. The molecule has 0 atom stereocenters. The maximum absolute atomic E-state index is 13.0. The Hall–Kier alpha value is -3.43. The van der Waals surface area contributed by atoms with E-state index in [-0.39, 0.29) is 16.8 Å². The third kappa shape index (κ3) is 3.13. The molecule has 2 aromatic carbocycles. The van der Waals surface area contributed by atoms with Gasteiger partial charge in [-0.25, -0.2) is 0 Å². The van der Waals surface area contributed by atoms with Crippen molar-refractivity contribution in [1.29, 1.82) is 0 Å². The maximum atomic E-state index is 13.0. The Bertz CT molecular complexity index is 995. The number of nitrogens with one attached hydrogen (secondary N) is 1. The molecule has 0 aliphatic rings. The number of halogens is 3. The zero-order valence-corrected chi connectivity index (χ0v) is 12.3. The molecule has 0 unspecified atom stereocenters. The summed E-state index contributed by atoms with van der Waals surface area (Å²) in [7, 11) is 0. The number of fused-ring (bicyclic) bond motifs is 1. The van der Waals surface area contributed by atoms with Crippen LogP contribution < -0.4 is 0 Å². The van der Waals surface area contributed by atoms with E-state index in [0.717, 1.165) is 18.2 Å². The van der Waals surface area contributed by atoms with Gasteiger partial charge in [0.05, 0.1) is 21.7 Å². The van der Waals surface area contributed by atoms with Gasteiger partial charge in [-0.15, -0.1) is 10.2 Å². The molecule has 0 spiro atoms. The van der Waals surface area contributed by atoms with Crippen molar-refractivity contribution < 1.29 is 23.2 Å². The zero-order valence-electron chi connectivity index (χ0n) is 12.3. The Kier molecular flexibility index (Phi) is 3.87. The van der Waals surface area contributed by atoms with Crippen molar-refractivity contribution in [3.05, 3.63) is 58.1 Å². The molecule has 3 rings (SSSR count). The van der Waals surface area contributed by atoms with Crippen molar-refractivity contribution in [3.8, 4) is 5.88 Å². The van der Waals surface area contributed by atoms with Gasteiger partial charge in [0.25, 0.3) is 5.69 Å². The summed E-state index contributed by atoms with van der Waals surface area (Å²) in [6.45, 7) is 0. The number of aromatic nitrogens is 1. The predicted molar refractivity (Wildman–Crippen MR) is 82.2 cm³/mol. The van der Waals surface area contributed by atoms with Crippen molar-refractivity contribution >= 4 is 28.0 Å². The largest absolute Gasteiger partial charge is 0.493 e. The van der Waals surface area contributed by atoms with Gasteiger partial charge in [-0.3, -0.25) is 10.1 Å². The van der Waals surface area contributed by atoms with E-state index in [1.165, 1.54) is 24.3 Å². The molecule has 0 amide bonds. The minimum atomic E-state index is -4.61. The van der Waals surface area contributed by atoms with E-state index in [1.54, 1.807) is 0 Å². The molecule has 3 aromatic rings. The summed E-state index contributed by atoms with van der Waals surface area (Å²) < 4.78 is 38.9. The minimum absolute atomic E-state index is 0.167. The number of nitro benzene ring substituents is 1. The van der Waals surface area contributed by atoms with Crippen LogP contribution in [0.2, 0.25) is 0 Å². The Morgan fingerprint density at radius 1 is 1.12 bits per heavy atom. The van der Waals surface area contributed by atoms with Gasteiger partial charge in [0, 0.05) is 17.5 Å². The molecule has 0 aliphatic carbocycles. The van der Waals surface area contributed by atoms with Crippen molar-refractivity contribution in [2.45, 2.75) is 6.18 Å². The second-order valence-electron chi connectivity index (χ2n) is 5.02. The summed E-state index contributed by atoms with van der Waals surface area (Å²) in [6, 6.07) is 8.29. The molecule has 7 nitrogen and oxygen atoms in total. The number of benzene rings is 2. The van der Waals surface area contributed by atoms with Crippen LogP contribution >= 0.6 is 0 Å². The third-order valence-corrected chi connectivity index (χ3v) is 3.41. The molecular formula is C15H9F3N4O3. The average Bonchev–Trinajstić information content (AvgIpc) is 2.86. The van der Waals surface area contributed by atoms with Crippen LogP contribution in [0.15, 0.2) is 52.7 Å². The second-order valence-corrected chi connectivity index (χ2v) is 5.02. The van der Waals surface area contributed by atoms with Crippen molar-refractivity contribution in [2.75, 3.05) is 0 Å². The van der Waals surface area contributed by atoms with Crippen molar-refractivity contribution in [1.82, 2.24) is 4.98 Å². The number of aromatic amines is 1. The first-order chi connectivity index (χ1) is 11.8. The quantitative estimate of drug-likeness (QED) is 0.384. The van der Waals surface area contributed by atoms with Gasteiger partial charge in [0.15, 0.2) is 5.69 Å². The molecule has 0 aliphatic heterocycles. The maximum Gasteiger partial charge on any atom is 0.418 e. The molecule has 2 N–H and O–H groups in total. The van der Waals surface area contributed by atoms with E-state index in [0.29, 0.717) is 5.52 Å². The van der Waals surface area contributed by atoms with E-state index >= 15 is 0 Å². The van der Waals surface area contributed by atoms with Crippen LogP contribution in [0.1, 0.15) is 5.56 Å². The number of non-ortho nitro benzene ring substituents is 1. The number of H-pyrrole nitrogens is 1. The van der Waals surface area contributed by atoms with Crippen LogP contribution in [0.4, 0.5) is 30.2 Å². The van der Waals surface area contributed by atoms with E-state index in [2.05, 4.69) is 15.2 Å². The number of azo groups is 1. The summed E-state index contributed by atoms with van der Waals surface area (Å²) in [6.07, 6.45) is -4.61. The molecule has 25 heavy (non-hydrogen) atoms. The Morgan fingerprint density at radius 2 is 1.84 bits per heavy atom. The smallest absolute Gasteiger partial charge is 0.418 e. The fourth-order valence-corrected chi connectivity index (χ4v) is 2.27. The highest BCUT2D eigenvalue weighted by Gasteiger charge is 2.33. The summed E-state index contributed by atoms with van der Waals surface area (Å²) >= 11 is 0. The number of nitrogens with zero attached hydrogens (tertiary/aromatic N) is 3. The van der Waals surface area contributed by atoms with Crippen LogP contribution in [0.25, 0.3) is 10.9 Å². The van der Waals surface area contributed by atoms with Gasteiger partial charge in [0.1, 0.15) is 0 Å². The standard InChI is InChI=1S/C15H9F3N4O3/c16-15(17,18)10-3-1-2-4-12(10)20-21-13-9-7-8(22(24)25)5-6-11(9)19-14(13)23/h1-7,19,23H. The van der Waals surface area contributed by atoms with E-state index in [9.17, 15) is 28.4 Å². The highest BCUT2D eigenvalue weighted by molar-refractivity contribution is 5.95. The summed E-state index contributed by atoms with van der Waals surface area (Å²) in [4.78, 5) is 12.7. The van der Waals surface area contributed by atoms with E-state index < -0.39 is 28.2 Å². The topological polar surface area (TPSA) is 104 Å². The molecule has 0 radical (unpaired) electrons. The fourth-order valence-electron chi connectivity index (χ4n) is 2.27. The number of aromatic hydroxyl groups is 1. The molecule has 128 valence electrons. The molecule has 0 saturated heterocycles. The lowest BCUT2D eigenvalue weighted by Crippen LogP contribution is -2.04. The van der Waals surface area contributed by atoms with Gasteiger partial charge in [-0.2, -0.15) is 13.2 Å². The number of rotatable bonds is 3. The van der Waals surface area contributed by atoms with Gasteiger partial charge in [-0.05, 0) is 18.2 Å². The molecular weight excluding hydrogens is 341 g/mol. The molecule has 1 heterocycles. The number of hydrogen-bond acceptors (Lipinski definition) is 5. The van der Waals surface area contributed by atoms with Crippen LogP contribution in [0, 0.1) is 10.1 Å². The van der Waals surface area contributed by atoms with Gasteiger partial charge in [0.2, 0.25) is 5.88 Å². The van der Waals surface area contributed by atoms with Crippen LogP contribution in [0.3, 0.4) is 0 Å². The van der Waals surface area contributed by atoms with Crippen LogP contribution in [0.5, 0.6) is 5.88 Å². The van der Waals surface area contributed by atoms with Crippen molar-refractivity contribution in [3.63, 3.8) is 0 Å². The molecule has 0 fully saturated rings. The first-order valence-corrected chi connectivity index (χ1v) is 6.84. The minimum Gasteiger partial charge on any atom is -0.493 e.